The van der Waals surface area contributed by atoms with E-state index < -0.39 is 0 Å². The molecule has 1 aromatic heterocycles. The number of halogens is 1. The highest BCUT2D eigenvalue weighted by Gasteiger charge is 2.38. The summed E-state index contributed by atoms with van der Waals surface area (Å²) in [4.78, 5) is 2.36. The van der Waals surface area contributed by atoms with Crippen LogP contribution in [0.25, 0.3) is 0 Å². The maximum Gasteiger partial charge on any atom is 0.133 e. The summed E-state index contributed by atoms with van der Waals surface area (Å²) >= 11 is 0. The zero-order chi connectivity index (χ0) is 14.4. The lowest BCUT2D eigenvalue weighted by Gasteiger charge is -2.27. The number of aryl methyl sites for hydroxylation is 2. The lowest BCUT2D eigenvalue weighted by molar-refractivity contribution is 0.308. The van der Waals surface area contributed by atoms with Crippen LogP contribution in [0.15, 0.2) is 24.3 Å². The van der Waals surface area contributed by atoms with Crippen LogP contribution < -0.4 is 0 Å². The Kier molecular flexibility index (Phi) is 3.03. The minimum Gasteiger partial charge on any atom is -0.310 e. The molecule has 0 aliphatic carbocycles. The lowest BCUT2D eigenvalue weighted by atomic mass is 9.94. The van der Waals surface area contributed by atoms with E-state index in [-0.39, 0.29) is 5.82 Å². The molecule has 0 radical (unpaired) electrons. The van der Waals surface area contributed by atoms with Gasteiger partial charge in [0.25, 0.3) is 0 Å². The van der Waals surface area contributed by atoms with Crippen molar-refractivity contribution < 1.29 is 4.39 Å². The number of hydrogen-bond donors (Lipinski definition) is 0. The fourth-order valence-electron chi connectivity index (χ4n) is 3.84. The van der Waals surface area contributed by atoms with Gasteiger partial charge in [-0.2, -0.15) is 0 Å². The van der Waals surface area contributed by atoms with Gasteiger partial charge in [0.2, 0.25) is 0 Å². The third kappa shape index (κ3) is 2.16. The van der Waals surface area contributed by atoms with Gasteiger partial charge in [0, 0.05) is 31.6 Å². The number of nitrogens with zero attached hydrogens (tertiary/aromatic N) is 4. The van der Waals surface area contributed by atoms with Crippen LogP contribution >= 0.6 is 0 Å². The van der Waals surface area contributed by atoms with Crippen LogP contribution in [0.5, 0.6) is 0 Å². The van der Waals surface area contributed by atoms with Gasteiger partial charge in [-0.25, -0.2) is 4.39 Å². The predicted octanol–water partition coefficient (Wildman–Crippen LogP) is 2.34. The first-order valence-electron chi connectivity index (χ1n) is 7.58. The number of hydrogen-bond acceptors (Lipinski definition) is 3. The van der Waals surface area contributed by atoms with Crippen molar-refractivity contribution in [2.24, 2.45) is 5.92 Å². The van der Waals surface area contributed by atoms with E-state index in [9.17, 15) is 4.39 Å². The Morgan fingerprint density at radius 3 is 2.95 bits per heavy atom. The van der Waals surface area contributed by atoms with Crippen molar-refractivity contribution in [3.05, 3.63) is 47.3 Å². The zero-order valence-corrected chi connectivity index (χ0v) is 12.2. The van der Waals surface area contributed by atoms with Gasteiger partial charge < -0.3 is 4.57 Å². The highest BCUT2D eigenvalue weighted by molar-refractivity contribution is 5.17. The number of aromatic nitrogens is 3. The summed E-state index contributed by atoms with van der Waals surface area (Å²) in [6.45, 7) is 4.72. The molecule has 4 rings (SSSR count). The topological polar surface area (TPSA) is 34.0 Å². The smallest absolute Gasteiger partial charge is 0.133 e. The molecule has 0 bridgehead atoms. The summed E-state index contributed by atoms with van der Waals surface area (Å²) in [5.74, 6) is 2.65. The van der Waals surface area contributed by atoms with Gasteiger partial charge in [-0.05, 0) is 25.3 Å². The molecule has 2 atom stereocenters. The molecule has 1 fully saturated rings. The monoisotopic (exact) mass is 286 g/mol. The summed E-state index contributed by atoms with van der Waals surface area (Å²) < 4.78 is 16.1. The van der Waals surface area contributed by atoms with Gasteiger partial charge in [-0.15, -0.1) is 10.2 Å². The van der Waals surface area contributed by atoms with Gasteiger partial charge in [0.05, 0.1) is 6.04 Å². The molecule has 1 aromatic carbocycles. The van der Waals surface area contributed by atoms with E-state index in [0.717, 1.165) is 43.1 Å². The molecule has 0 N–H and O–H groups in total. The van der Waals surface area contributed by atoms with Crippen LogP contribution in [0, 0.1) is 18.7 Å². The Balaban J connectivity index is 1.55. The van der Waals surface area contributed by atoms with Crippen LogP contribution in [0.2, 0.25) is 0 Å². The highest BCUT2D eigenvalue weighted by atomic mass is 19.1. The molecule has 1 saturated heterocycles. The molecular formula is C16H19FN4. The van der Waals surface area contributed by atoms with Crippen molar-refractivity contribution in [3.63, 3.8) is 0 Å². The fraction of sp³-hybridized carbons (Fsp3) is 0.500. The molecule has 2 aromatic rings. The molecule has 0 unspecified atom stereocenters. The minimum atomic E-state index is -0.103. The van der Waals surface area contributed by atoms with Crippen molar-refractivity contribution in [1.29, 1.82) is 0 Å². The second-order valence-corrected chi connectivity index (χ2v) is 6.19. The summed E-state index contributed by atoms with van der Waals surface area (Å²) in [5, 5.41) is 8.49. The van der Waals surface area contributed by atoms with Crippen molar-refractivity contribution in [2.45, 2.75) is 32.4 Å². The SMILES string of the molecule is Cc1nnc2n1[C@H]1CN(Cc3ccccc3F)C[C@H]1CC2. The molecule has 5 heteroatoms. The molecule has 2 aliphatic heterocycles. The summed E-state index contributed by atoms with van der Waals surface area (Å²) in [6.07, 6.45) is 2.17. The molecular weight excluding hydrogens is 267 g/mol. The maximum absolute atomic E-state index is 13.8. The summed E-state index contributed by atoms with van der Waals surface area (Å²) in [5.41, 5.74) is 0.789. The molecule has 21 heavy (non-hydrogen) atoms. The van der Waals surface area contributed by atoms with Crippen molar-refractivity contribution in [1.82, 2.24) is 19.7 Å². The van der Waals surface area contributed by atoms with Crippen molar-refractivity contribution in [2.75, 3.05) is 13.1 Å². The van der Waals surface area contributed by atoms with Crippen LogP contribution in [0.3, 0.4) is 0 Å². The quantitative estimate of drug-likeness (QED) is 0.850. The second-order valence-electron chi connectivity index (χ2n) is 6.19. The maximum atomic E-state index is 13.8. The normalized spacial score (nSPS) is 24.9. The Labute approximate surface area is 123 Å². The van der Waals surface area contributed by atoms with Gasteiger partial charge in [0.15, 0.2) is 0 Å². The van der Waals surface area contributed by atoms with Crippen LogP contribution in [-0.2, 0) is 13.0 Å². The molecule has 110 valence electrons. The molecule has 0 spiro atoms. The fourth-order valence-corrected chi connectivity index (χ4v) is 3.84. The largest absolute Gasteiger partial charge is 0.310 e. The Morgan fingerprint density at radius 2 is 2.10 bits per heavy atom. The van der Waals surface area contributed by atoms with Crippen LogP contribution in [0.4, 0.5) is 4.39 Å². The van der Waals surface area contributed by atoms with E-state index in [2.05, 4.69) is 19.7 Å². The Hall–Kier alpha value is -1.75. The zero-order valence-electron chi connectivity index (χ0n) is 12.2. The number of benzene rings is 1. The van der Waals surface area contributed by atoms with E-state index in [4.69, 9.17) is 0 Å². The van der Waals surface area contributed by atoms with E-state index in [1.54, 1.807) is 12.1 Å². The van der Waals surface area contributed by atoms with Gasteiger partial charge >= 0.3 is 0 Å². The standard InChI is InChI=1S/C16H19FN4/c1-11-18-19-16-7-6-13-9-20(10-15(13)21(11)16)8-12-4-2-3-5-14(12)17/h2-5,13,15H,6-10H2,1H3/t13-,15+/m1/s1. The average Bonchev–Trinajstić information content (AvgIpc) is 3.04. The van der Waals surface area contributed by atoms with Gasteiger partial charge in [-0.1, -0.05) is 18.2 Å². The van der Waals surface area contributed by atoms with Crippen LogP contribution in [-0.4, -0.2) is 32.8 Å². The first-order chi connectivity index (χ1) is 10.2. The number of rotatable bonds is 2. The van der Waals surface area contributed by atoms with Crippen molar-refractivity contribution >= 4 is 0 Å². The molecule has 2 aliphatic rings. The van der Waals surface area contributed by atoms with Crippen LogP contribution in [0.1, 0.15) is 29.7 Å². The van der Waals surface area contributed by atoms with Gasteiger partial charge in [0.1, 0.15) is 17.5 Å². The Bertz CT molecular complexity index is 666. The molecule has 0 amide bonds. The summed E-state index contributed by atoms with van der Waals surface area (Å²) in [6, 6.07) is 7.53. The molecule has 4 nitrogen and oxygen atoms in total. The highest BCUT2D eigenvalue weighted by Crippen LogP contribution is 2.37. The van der Waals surface area contributed by atoms with E-state index >= 15 is 0 Å². The third-order valence-corrected chi connectivity index (χ3v) is 4.84. The number of likely N-dealkylation sites (tertiary alicyclic amines) is 1. The van der Waals surface area contributed by atoms with E-state index in [0.29, 0.717) is 18.5 Å². The Morgan fingerprint density at radius 1 is 1.24 bits per heavy atom. The number of fused-ring (bicyclic) bond motifs is 3. The van der Waals surface area contributed by atoms with E-state index in [1.165, 1.54) is 0 Å². The predicted molar refractivity (Wildman–Crippen MR) is 77.3 cm³/mol. The first kappa shape index (κ1) is 13.0. The van der Waals surface area contributed by atoms with Gasteiger partial charge in [-0.3, -0.25) is 4.90 Å². The first-order valence-corrected chi connectivity index (χ1v) is 7.58. The average molecular weight is 286 g/mol. The molecule has 3 heterocycles. The van der Waals surface area contributed by atoms with E-state index in [1.807, 2.05) is 19.1 Å². The summed E-state index contributed by atoms with van der Waals surface area (Å²) in [7, 11) is 0. The van der Waals surface area contributed by atoms with Crippen molar-refractivity contribution in [3.8, 4) is 0 Å². The lowest BCUT2D eigenvalue weighted by Crippen LogP contribution is -2.26. The minimum absolute atomic E-state index is 0.103. The third-order valence-electron chi connectivity index (χ3n) is 4.84. The second kappa shape index (κ2) is 4.91. The molecule has 0 saturated carbocycles.